The van der Waals surface area contributed by atoms with Gasteiger partial charge < -0.3 is 9.26 Å². The molecule has 120 valence electrons. The Morgan fingerprint density at radius 3 is 2.96 bits per heavy atom. The van der Waals surface area contributed by atoms with Crippen LogP contribution in [0.1, 0.15) is 18.5 Å². The van der Waals surface area contributed by atoms with E-state index in [9.17, 15) is 8.42 Å². The Morgan fingerprint density at radius 2 is 2.22 bits per heavy atom. The zero-order valence-electron chi connectivity index (χ0n) is 12.0. The fourth-order valence-electron chi connectivity index (χ4n) is 2.34. The number of ether oxygens (including phenoxy) is 1. The van der Waals surface area contributed by atoms with Crippen LogP contribution in [0, 0.1) is 11.3 Å². The van der Waals surface area contributed by atoms with Crippen molar-refractivity contribution in [3.8, 4) is 11.9 Å². The van der Waals surface area contributed by atoms with Crippen molar-refractivity contribution >= 4 is 10.0 Å². The van der Waals surface area contributed by atoms with Gasteiger partial charge in [0.1, 0.15) is 23.3 Å². The molecule has 3 heterocycles. The van der Waals surface area contributed by atoms with Crippen molar-refractivity contribution in [1.29, 1.82) is 5.26 Å². The van der Waals surface area contributed by atoms with E-state index in [1.807, 2.05) is 6.07 Å². The second-order valence-corrected chi connectivity index (χ2v) is 6.87. The summed E-state index contributed by atoms with van der Waals surface area (Å²) in [7, 11) is -3.66. The van der Waals surface area contributed by atoms with Crippen molar-refractivity contribution in [3.63, 3.8) is 0 Å². The number of nitriles is 1. The fraction of sp³-hybridized carbons (Fsp3) is 0.385. The normalized spacial score (nSPS) is 19.2. The van der Waals surface area contributed by atoms with Gasteiger partial charge in [0.05, 0.1) is 12.7 Å². The Hall–Kier alpha value is -2.51. The Morgan fingerprint density at radius 1 is 1.39 bits per heavy atom. The van der Waals surface area contributed by atoms with Crippen LogP contribution in [0.15, 0.2) is 34.3 Å². The molecule has 0 bridgehead atoms. The average molecular weight is 335 g/mol. The molecule has 1 atom stereocenters. The first-order chi connectivity index (χ1) is 11.1. The second-order valence-electron chi connectivity index (χ2n) is 4.93. The largest absolute Gasteiger partial charge is 0.471 e. The Labute approximate surface area is 132 Å². The van der Waals surface area contributed by atoms with Gasteiger partial charge in [-0.05, 0) is 12.8 Å². The van der Waals surface area contributed by atoms with Crippen LogP contribution in [0.2, 0.25) is 0 Å². The molecular weight excluding hydrogens is 322 g/mol. The molecule has 0 N–H and O–H groups in total. The third kappa shape index (κ3) is 3.15. The van der Waals surface area contributed by atoms with E-state index in [2.05, 4.69) is 19.6 Å². The lowest BCUT2D eigenvalue weighted by Crippen LogP contribution is -2.44. The lowest BCUT2D eigenvalue weighted by atomic mass is 10.1. The van der Waals surface area contributed by atoms with Crippen molar-refractivity contribution in [2.75, 3.05) is 13.1 Å². The number of aromatic nitrogens is 3. The van der Waals surface area contributed by atoms with E-state index in [1.54, 1.807) is 0 Å². The SMILES string of the molecule is N#Cc1nccnc1OC1CCCN(S(=O)(=O)c2cnoc2)C1. The molecule has 1 saturated heterocycles. The third-order valence-corrected chi connectivity index (χ3v) is 5.25. The first-order valence-electron chi connectivity index (χ1n) is 6.88. The number of sulfonamides is 1. The monoisotopic (exact) mass is 335 g/mol. The topological polar surface area (TPSA) is 122 Å². The zero-order chi connectivity index (χ0) is 16.3. The predicted octanol–water partition coefficient (Wildman–Crippen LogP) is 0.568. The molecule has 23 heavy (non-hydrogen) atoms. The molecule has 1 fully saturated rings. The van der Waals surface area contributed by atoms with Gasteiger partial charge in [0.25, 0.3) is 5.88 Å². The molecule has 0 saturated carbocycles. The Bertz CT molecular complexity index is 815. The number of piperidine rings is 1. The molecule has 9 nitrogen and oxygen atoms in total. The first kappa shape index (κ1) is 15.4. The second kappa shape index (κ2) is 6.31. The van der Waals surface area contributed by atoms with E-state index < -0.39 is 16.1 Å². The smallest absolute Gasteiger partial charge is 0.251 e. The first-order valence-corrected chi connectivity index (χ1v) is 8.32. The van der Waals surface area contributed by atoms with Crippen LogP contribution in [0.5, 0.6) is 5.88 Å². The lowest BCUT2D eigenvalue weighted by molar-refractivity contribution is 0.124. The maximum atomic E-state index is 12.5. The fourth-order valence-corrected chi connectivity index (χ4v) is 3.71. The summed E-state index contributed by atoms with van der Waals surface area (Å²) in [4.78, 5) is 7.86. The van der Waals surface area contributed by atoms with Crippen molar-refractivity contribution in [1.82, 2.24) is 19.4 Å². The van der Waals surface area contributed by atoms with Gasteiger partial charge in [-0.1, -0.05) is 5.16 Å². The minimum atomic E-state index is -3.66. The highest BCUT2D eigenvalue weighted by Gasteiger charge is 2.32. The number of nitrogens with zero attached hydrogens (tertiary/aromatic N) is 5. The molecule has 1 unspecified atom stereocenters. The maximum Gasteiger partial charge on any atom is 0.251 e. The molecule has 3 rings (SSSR count). The molecule has 2 aromatic rings. The standard InChI is InChI=1S/C13H13N5O4S/c14-6-12-13(16-4-3-15-12)22-10-2-1-5-18(8-10)23(19,20)11-7-17-21-9-11/h3-4,7,9-10H,1-2,5,8H2. The summed E-state index contributed by atoms with van der Waals surface area (Å²) in [6.45, 7) is 0.550. The molecular formula is C13H13N5O4S. The lowest BCUT2D eigenvalue weighted by Gasteiger charge is -2.31. The van der Waals surface area contributed by atoms with Gasteiger partial charge in [0.2, 0.25) is 15.7 Å². The summed E-state index contributed by atoms with van der Waals surface area (Å²) in [6, 6.07) is 1.90. The van der Waals surface area contributed by atoms with Crippen LogP contribution < -0.4 is 4.74 Å². The Kier molecular flexibility index (Phi) is 4.22. The van der Waals surface area contributed by atoms with E-state index in [-0.39, 0.29) is 23.0 Å². The molecule has 1 aliphatic heterocycles. The van der Waals surface area contributed by atoms with Gasteiger partial charge in [-0.15, -0.1) is 0 Å². The summed E-state index contributed by atoms with van der Waals surface area (Å²) in [6.07, 6.45) is 5.97. The van der Waals surface area contributed by atoms with E-state index in [0.717, 1.165) is 12.5 Å². The number of hydrogen-bond acceptors (Lipinski definition) is 8. The quantitative estimate of drug-likeness (QED) is 0.794. The van der Waals surface area contributed by atoms with Crippen molar-refractivity contribution in [2.45, 2.75) is 23.8 Å². The van der Waals surface area contributed by atoms with E-state index in [4.69, 9.17) is 10.00 Å². The molecule has 2 aromatic heterocycles. The van der Waals surface area contributed by atoms with Crippen LogP contribution in [0.4, 0.5) is 0 Å². The predicted molar refractivity (Wildman–Crippen MR) is 75.7 cm³/mol. The van der Waals surface area contributed by atoms with E-state index in [1.165, 1.54) is 16.7 Å². The number of hydrogen-bond donors (Lipinski definition) is 0. The minimum Gasteiger partial charge on any atom is -0.471 e. The molecule has 0 radical (unpaired) electrons. The van der Waals surface area contributed by atoms with Crippen LogP contribution >= 0.6 is 0 Å². The Balaban J connectivity index is 1.75. The highest BCUT2D eigenvalue weighted by Crippen LogP contribution is 2.23. The van der Waals surface area contributed by atoms with Crippen molar-refractivity contribution < 1.29 is 17.7 Å². The summed E-state index contributed by atoms with van der Waals surface area (Å²) >= 11 is 0. The molecule has 1 aliphatic rings. The van der Waals surface area contributed by atoms with Crippen LogP contribution in [0.25, 0.3) is 0 Å². The van der Waals surface area contributed by atoms with Crippen LogP contribution in [-0.4, -0.2) is 47.0 Å². The summed E-state index contributed by atoms with van der Waals surface area (Å²) in [5.74, 6) is 0.115. The van der Waals surface area contributed by atoms with Gasteiger partial charge in [0, 0.05) is 18.9 Å². The average Bonchev–Trinajstić information content (AvgIpc) is 3.11. The van der Waals surface area contributed by atoms with Gasteiger partial charge in [-0.3, -0.25) is 0 Å². The molecule has 10 heteroatoms. The van der Waals surface area contributed by atoms with Gasteiger partial charge >= 0.3 is 0 Å². The molecule has 0 spiro atoms. The number of rotatable bonds is 4. The maximum absolute atomic E-state index is 12.5. The zero-order valence-corrected chi connectivity index (χ0v) is 12.8. The third-order valence-electron chi connectivity index (χ3n) is 3.44. The van der Waals surface area contributed by atoms with Gasteiger partial charge in [-0.25, -0.2) is 18.4 Å². The molecule has 0 amide bonds. The summed E-state index contributed by atoms with van der Waals surface area (Å²) in [5, 5.41) is 12.4. The van der Waals surface area contributed by atoms with Gasteiger partial charge in [-0.2, -0.15) is 9.57 Å². The summed E-state index contributed by atoms with van der Waals surface area (Å²) in [5.41, 5.74) is 0.0755. The highest BCUT2D eigenvalue weighted by atomic mass is 32.2. The van der Waals surface area contributed by atoms with Crippen molar-refractivity contribution in [2.24, 2.45) is 0 Å². The summed E-state index contributed by atoms with van der Waals surface area (Å²) < 4.78 is 36.5. The van der Waals surface area contributed by atoms with E-state index in [0.29, 0.717) is 19.4 Å². The van der Waals surface area contributed by atoms with E-state index >= 15 is 0 Å². The van der Waals surface area contributed by atoms with Crippen LogP contribution in [-0.2, 0) is 10.0 Å². The van der Waals surface area contributed by atoms with Crippen molar-refractivity contribution in [3.05, 3.63) is 30.5 Å². The minimum absolute atomic E-state index is 0.00960. The van der Waals surface area contributed by atoms with Gasteiger partial charge in [0.15, 0.2) is 0 Å². The molecule has 0 aromatic carbocycles. The highest BCUT2D eigenvalue weighted by molar-refractivity contribution is 7.89. The molecule has 0 aliphatic carbocycles. The van der Waals surface area contributed by atoms with Crippen LogP contribution in [0.3, 0.4) is 0 Å².